The van der Waals surface area contributed by atoms with Crippen LogP contribution in [-0.4, -0.2) is 37.1 Å². The van der Waals surface area contributed by atoms with E-state index in [0.29, 0.717) is 5.92 Å². The van der Waals surface area contributed by atoms with E-state index in [-0.39, 0.29) is 11.3 Å². The molecule has 1 amide bonds. The van der Waals surface area contributed by atoms with Gasteiger partial charge >= 0.3 is 0 Å². The Balaban J connectivity index is 2.51. The van der Waals surface area contributed by atoms with Gasteiger partial charge in [0.1, 0.15) is 0 Å². The van der Waals surface area contributed by atoms with Crippen LogP contribution in [0.2, 0.25) is 0 Å². The van der Waals surface area contributed by atoms with Crippen molar-refractivity contribution in [3.8, 4) is 0 Å². The van der Waals surface area contributed by atoms with Crippen LogP contribution in [0.15, 0.2) is 0 Å². The molecule has 1 aliphatic rings. The van der Waals surface area contributed by atoms with Crippen molar-refractivity contribution in [2.45, 2.75) is 34.1 Å². The predicted molar refractivity (Wildman–Crippen MR) is 60.6 cm³/mol. The molecule has 0 saturated carbocycles. The zero-order chi connectivity index (χ0) is 11.5. The highest BCUT2D eigenvalue weighted by Crippen LogP contribution is 2.20. The lowest BCUT2D eigenvalue weighted by Gasteiger charge is -2.30. The van der Waals surface area contributed by atoms with Gasteiger partial charge in [-0.1, -0.05) is 20.8 Å². The van der Waals surface area contributed by atoms with E-state index < -0.39 is 0 Å². The van der Waals surface area contributed by atoms with E-state index in [1.807, 2.05) is 32.6 Å². The first-order valence-corrected chi connectivity index (χ1v) is 5.82. The molecular weight excluding hydrogens is 190 g/mol. The molecular formula is C12H23NO2. The van der Waals surface area contributed by atoms with E-state index in [1.165, 1.54) is 0 Å². The molecule has 1 atom stereocenters. The second kappa shape index (κ2) is 4.97. The van der Waals surface area contributed by atoms with Gasteiger partial charge in [-0.25, -0.2) is 0 Å². The molecule has 1 fully saturated rings. The number of hydrogen-bond donors (Lipinski definition) is 0. The second-order valence-electron chi connectivity index (χ2n) is 5.32. The van der Waals surface area contributed by atoms with Gasteiger partial charge in [-0.3, -0.25) is 4.79 Å². The van der Waals surface area contributed by atoms with E-state index in [4.69, 9.17) is 4.74 Å². The van der Waals surface area contributed by atoms with Crippen LogP contribution in [0.25, 0.3) is 0 Å². The van der Waals surface area contributed by atoms with E-state index in [1.54, 1.807) is 0 Å². The summed E-state index contributed by atoms with van der Waals surface area (Å²) in [5, 5.41) is 0. The number of ether oxygens (including phenoxy) is 1. The molecule has 0 aliphatic carbocycles. The normalized spacial score (nSPS) is 21.7. The number of hydrogen-bond acceptors (Lipinski definition) is 2. The lowest BCUT2D eigenvalue weighted by Crippen LogP contribution is -2.42. The summed E-state index contributed by atoms with van der Waals surface area (Å²) < 4.78 is 5.33. The molecule has 1 heterocycles. The van der Waals surface area contributed by atoms with Crippen LogP contribution >= 0.6 is 0 Å². The lowest BCUT2D eigenvalue weighted by molar-refractivity contribution is -0.139. The van der Waals surface area contributed by atoms with Crippen LogP contribution in [0.1, 0.15) is 34.1 Å². The summed E-state index contributed by atoms with van der Waals surface area (Å²) in [5.41, 5.74) is -0.268. The molecule has 1 rings (SSSR count). The van der Waals surface area contributed by atoms with E-state index in [9.17, 15) is 4.79 Å². The quantitative estimate of drug-likeness (QED) is 0.717. The fourth-order valence-corrected chi connectivity index (χ4v) is 1.87. The van der Waals surface area contributed by atoms with Gasteiger partial charge < -0.3 is 9.64 Å². The molecule has 0 bridgehead atoms. The maximum atomic E-state index is 12.1. The van der Waals surface area contributed by atoms with E-state index in [2.05, 4.69) is 0 Å². The third-order valence-electron chi connectivity index (χ3n) is 2.81. The SMILES string of the molecule is CCN(CC1CCOC1)C(=O)C(C)(C)C. The Bertz CT molecular complexity index is 214. The number of carbonyl (C=O) groups is 1. The van der Waals surface area contributed by atoms with Crippen LogP contribution in [0.4, 0.5) is 0 Å². The number of amides is 1. The first-order valence-electron chi connectivity index (χ1n) is 5.82. The minimum atomic E-state index is -0.268. The molecule has 0 N–H and O–H groups in total. The van der Waals surface area contributed by atoms with Crippen molar-refractivity contribution in [3.63, 3.8) is 0 Å². The third-order valence-corrected chi connectivity index (χ3v) is 2.81. The summed E-state index contributed by atoms with van der Waals surface area (Å²) >= 11 is 0. The van der Waals surface area contributed by atoms with Gasteiger partial charge in [-0.2, -0.15) is 0 Å². The molecule has 3 heteroatoms. The zero-order valence-electron chi connectivity index (χ0n) is 10.4. The van der Waals surface area contributed by atoms with E-state index >= 15 is 0 Å². The summed E-state index contributed by atoms with van der Waals surface area (Å²) in [6.45, 7) is 11.3. The Hall–Kier alpha value is -0.570. The van der Waals surface area contributed by atoms with Gasteiger partial charge in [0.15, 0.2) is 0 Å². The van der Waals surface area contributed by atoms with Gasteiger partial charge in [0, 0.05) is 31.0 Å². The molecule has 0 aromatic heterocycles. The highest BCUT2D eigenvalue weighted by atomic mass is 16.5. The Morgan fingerprint density at radius 3 is 2.53 bits per heavy atom. The molecule has 3 nitrogen and oxygen atoms in total. The van der Waals surface area contributed by atoms with Gasteiger partial charge in [0.05, 0.1) is 6.61 Å². The van der Waals surface area contributed by atoms with Crippen LogP contribution in [0.5, 0.6) is 0 Å². The molecule has 1 unspecified atom stereocenters. The molecule has 88 valence electrons. The van der Waals surface area contributed by atoms with Gasteiger partial charge in [-0.15, -0.1) is 0 Å². The van der Waals surface area contributed by atoms with Gasteiger partial charge in [0.2, 0.25) is 5.91 Å². The molecule has 1 aliphatic heterocycles. The molecule has 0 spiro atoms. The highest BCUT2D eigenvalue weighted by molar-refractivity contribution is 5.81. The first-order chi connectivity index (χ1) is 6.95. The Kier molecular flexibility index (Phi) is 4.14. The maximum Gasteiger partial charge on any atom is 0.227 e. The van der Waals surface area contributed by atoms with Gasteiger partial charge in [-0.05, 0) is 13.3 Å². The smallest absolute Gasteiger partial charge is 0.227 e. The zero-order valence-corrected chi connectivity index (χ0v) is 10.4. The summed E-state index contributed by atoms with van der Waals surface area (Å²) in [6.07, 6.45) is 1.09. The summed E-state index contributed by atoms with van der Waals surface area (Å²) in [7, 11) is 0. The number of carbonyl (C=O) groups excluding carboxylic acids is 1. The van der Waals surface area contributed by atoms with Crippen molar-refractivity contribution < 1.29 is 9.53 Å². The van der Waals surface area contributed by atoms with E-state index in [0.717, 1.165) is 32.7 Å². The van der Waals surface area contributed by atoms with Crippen LogP contribution < -0.4 is 0 Å². The Labute approximate surface area is 92.8 Å². The maximum absolute atomic E-state index is 12.1. The average molecular weight is 213 g/mol. The standard InChI is InChI=1S/C12H23NO2/c1-5-13(11(14)12(2,3)4)8-10-6-7-15-9-10/h10H,5-9H2,1-4H3. The predicted octanol–water partition coefficient (Wildman–Crippen LogP) is 1.92. The third kappa shape index (κ3) is 3.49. The number of nitrogens with zero attached hydrogens (tertiary/aromatic N) is 1. The van der Waals surface area contributed by atoms with Crippen molar-refractivity contribution >= 4 is 5.91 Å². The first kappa shape index (κ1) is 12.5. The molecule has 15 heavy (non-hydrogen) atoms. The Morgan fingerprint density at radius 2 is 2.13 bits per heavy atom. The topological polar surface area (TPSA) is 29.5 Å². The number of rotatable bonds is 3. The molecule has 1 saturated heterocycles. The highest BCUT2D eigenvalue weighted by Gasteiger charge is 2.28. The fraction of sp³-hybridized carbons (Fsp3) is 0.917. The van der Waals surface area contributed by atoms with Crippen LogP contribution in [0.3, 0.4) is 0 Å². The van der Waals surface area contributed by atoms with Crippen LogP contribution in [-0.2, 0) is 9.53 Å². The fourth-order valence-electron chi connectivity index (χ4n) is 1.87. The second-order valence-corrected chi connectivity index (χ2v) is 5.32. The lowest BCUT2D eigenvalue weighted by atomic mass is 9.94. The molecule has 0 aromatic rings. The van der Waals surface area contributed by atoms with Crippen molar-refractivity contribution in [1.82, 2.24) is 4.90 Å². The van der Waals surface area contributed by atoms with Crippen molar-refractivity contribution in [2.75, 3.05) is 26.3 Å². The average Bonchev–Trinajstić information content (AvgIpc) is 2.64. The minimum absolute atomic E-state index is 0.247. The summed E-state index contributed by atoms with van der Waals surface area (Å²) in [6, 6.07) is 0. The Morgan fingerprint density at radius 1 is 1.47 bits per heavy atom. The monoisotopic (exact) mass is 213 g/mol. The largest absolute Gasteiger partial charge is 0.381 e. The van der Waals surface area contributed by atoms with Gasteiger partial charge in [0.25, 0.3) is 0 Å². The van der Waals surface area contributed by atoms with Crippen molar-refractivity contribution in [1.29, 1.82) is 0 Å². The van der Waals surface area contributed by atoms with Crippen LogP contribution in [0, 0.1) is 11.3 Å². The van der Waals surface area contributed by atoms with Crippen molar-refractivity contribution in [2.24, 2.45) is 11.3 Å². The summed E-state index contributed by atoms with van der Waals surface area (Å²) in [5.74, 6) is 0.785. The minimum Gasteiger partial charge on any atom is -0.381 e. The van der Waals surface area contributed by atoms with Crippen molar-refractivity contribution in [3.05, 3.63) is 0 Å². The molecule has 0 radical (unpaired) electrons. The molecule has 0 aromatic carbocycles. The summed E-state index contributed by atoms with van der Waals surface area (Å²) in [4.78, 5) is 14.0.